The Morgan fingerprint density at radius 1 is 1.11 bits per heavy atom. The maximum Gasteiger partial charge on any atom is 0.346 e. The third-order valence-electron chi connectivity index (χ3n) is 2.63. The van der Waals surface area contributed by atoms with Crippen LogP contribution < -0.4 is 0 Å². The number of rotatable bonds is 5. The lowest BCUT2D eigenvalue weighted by Crippen LogP contribution is -2.43. The smallest absolute Gasteiger partial charge is 0.300 e. The molecule has 0 aromatic carbocycles. The number of halogens is 2. The van der Waals surface area contributed by atoms with E-state index in [1.807, 2.05) is 30.1 Å². The van der Waals surface area contributed by atoms with E-state index in [1.54, 1.807) is 0 Å². The van der Waals surface area contributed by atoms with Gasteiger partial charge in [-0.25, -0.2) is 9.34 Å². The van der Waals surface area contributed by atoms with Gasteiger partial charge in [0.1, 0.15) is 0 Å². The van der Waals surface area contributed by atoms with Crippen molar-refractivity contribution in [3.05, 3.63) is 0 Å². The first-order valence-corrected chi connectivity index (χ1v) is 8.87. The SMILES string of the molecule is CC(C)(C)OP1(=O)N(CCCl)CCCN1CCCl. The van der Waals surface area contributed by atoms with Gasteiger partial charge in [-0.3, -0.25) is 4.57 Å². The Morgan fingerprint density at radius 3 is 1.89 bits per heavy atom. The van der Waals surface area contributed by atoms with Gasteiger partial charge in [0.05, 0.1) is 5.60 Å². The van der Waals surface area contributed by atoms with Crippen LogP contribution >= 0.6 is 30.9 Å². The molecule has 4 nitrogen and oxygen atoms in total. The Bertz CT molecular complexity index is 288. The summed E-state index contributed by atoms with van der Waals surface area (Å²) in [5, 5.41) is 0. The van der Waals surface area contributed by atoms with E-state index in [9.17, 15) is 4.57 Å². The molecular formula is C11H23Cl2N2O2P. The fourth-order valence-electron chi connectivity index (χ4n) is 2.01. The average molecular weight is 317 g/mol. The van der Waals surface area contributed by atoms with Gasteiger partial charge in [-0.05, 0) is 27.2 Å². The van der Waals surface area contributed by atoms with Crippen LogP contribution in [0.3, 0.4) is 0 Å². The molecule has 0 aromatic heterocycles. The first-order valence-electron chi connectivity index (χ1n) is 6.27. The largest absolute Gasteiger partial charge is 0.346 e. The average Bonchev–Trinajstić information content (AvgIpc) is 2.22. The number of nitrogens with zero attached hydrogens (tertiary/aromatic N) is 2. The molecule has 0 aromatic rings. The van der Waals surface area contributed by atoms with E-state index < -0.39 is 13.3 Å². The van der Waals surface area contributed by atoms with Crippen molar-refractivity contribution in [3.8, 4) is 0 Å². The van der Waals surface area contributed by atoms with Gasteiger partial charge < -0.3 is 4.52 Å². The van der Waals surface area contributed by atoms with Gasteiger partial charge in [-0.2, -0.15) is 0 Å². The molecule has 1 aliphatic heterocycles. The van der Waals surface area contributed by atoms with E-state index in [0.29, 0.717) is 24.8 Å². The molecule has 0 spiro atoms. The molecule has 1 rings (SSSR count). The first-order chi connectivity index (χ1) is 8.33. The van der Waals surface area contributed by atoms with E-state index in [0.717, 1.165) is 19.5 Å². The normalized spacial score (nSPS) is 22.3. The molecule has 18 heavy (non-hydrogen) atoms. The Balaban J connectivity index is 2.94. The Morgan fingerprint density at radius 2 is 1.56 bits per heavy atom. The summed E-state index contributed by atoms with van der Waals surface area (Å²) in [6.07, 6.45) is 0.964. The quantitative estimate of drug-likeness (QED) is 0.575. The second-order valence-corrected chi connectivity index (χ2v) is 8.38. The van der Waals surface area contributed by atoms with E-state index >= 15 is 0 Å². The fourth-order valence-corrected chi connectivity index (χ4v) is 5.45. The number of hydrogen-bond acceptors (Lipinski definition) is 2. The molecule has 1 aliphatic rings. The number of alkyl halides is 2. The molecule has 0 aliphatic carbocycles. The summed E-state index contributed by atoms with van der Waals surface area (Å²) in [7, 11) is -2.99. The third-order valence-corrected chi connectivity index (χ3v) is 5.98. The van der Waals surface area contributed by atoms with Gasteiger partial charge in [0.2, 0.25) is 0 Å². The monoisotopic (exact) mass is 316 g/mol. The maximum atomic E-state index is 13.2. The minimum absolute atomic E-state index is 0.451. The van der Waals surface area contributed by atoms with Gasteiger partial charge in [0.15, 0.2) is 0 Å². The Labute approximate surface area is 120 Å². The second-order valence-electron chi connectivity index (χ2n) is 5.33. The van der Waals surface area contributed by atoms with E-state index in [-0.39, 0.29) is 0 Å². The molecular weight excluding hydrogens is 294 g/mol. The van der Waals surface area contributed by atoms with Crippen LogP contribution in [0.15, 0.2) is 0 Å². The summed E-state index contributed by atoms with van der Waals surface area (Å²) >= 11 is 11.6. The van der Waals surface area contributed by atoms with E-state index in [4.69, 9.17) is 27.7 Å². The molecule has 0 bridgehead atoms. The molecule has 0 N–H and O–H groups in total. The molecule has 0 unspecified atom stereocenters. The Hall–Kier alpha value is 0.690. The van der Waals surface area contributed by atoms with Crippen molar-refractivity contribution in [3.63, 3.8) is 0 Å². The highest BCUT2D eigenvalue weighted by Gasteiger charge is 2.43. The van der Waals surface area contributed by atoms with Crippen LogP contribution in [-0.4, -0.2) is 52.9 Å². The summed E-state index contributed by atoms with van der Waals surface area (Å²) in [5.74, 6) is 0.901. The van der Waals surface area contributed by atoms with Gasteiger partial charge in [-0.15, -0.1) is 23.2 Å². The second kappa shape index (κ2) is 6.92. The summed E-state index contributed by atoms with van der Waals surface area (Å²) in [6, 6.07) is 0. The van der Waals surface area contributed by atoms with Crippen LogP contribution in [-0.2, 0) is 9.09 Å². The molecule has 0 atom stereocenters. The van der Waals surface area contributed by atoms with Crippen molar-refractivity contribution in [2.75, 3.05) is 37.9 Å². The van der Waals surface area contributed by atoms with Gasteiger partial charge in [-0.1, -0.05) is 0 Å². The van der Waals surface area contributed by atoms with Crippen LogP contribution in [0.1, 0.15) is 27.2 Å². The highest BCUT2D eigenvalue weighted by molar-refractivity contribution is 7.54. The molecule has 1 fully saturated rings. The van der Waals surface area contributed by atoms with Crippen molar-refractivity contribution in [2.45, 2.75) is 32.8 Å². The van der Waals surface area contributed by atoms with Crippen molar-refractivity contribution in [1.82, 2.24) is 9.34 Å². The Kier molecular flexibility index (Phi) is 6.43. The molecule has 108 valence electrons. The van der Waals surface area contributed by atoms with Crippen LogP contribution in [0.5, 0.6) is 0 Å². The zero-order valence-electron chi connectivity index (χ0n) is 11.4. The predicted octanol–water partition coefficient (Wildman–Crippen LogP) is 3.39. The van der Waals surface area contributed by atoms with Crippen molar-refractivity contribution < 1.29 is 9.09 Å². The minimum atomic E-state index is -2.99. The maximum absolute atomic E-state index is 13.2. The number of hydrogen-bond donors (Lipinski definition) is 0. The lowest BCUT2D eigenvalue weighted by atomic mass is 10.2. The highest BCUT2D eigenvalue weighted by atomic mass is 35.5. The summed E-state index contributed by atoms with van der Waals surface area (Å²) in [6.45, 7) is 8.43. The van der Waals surface area contributed by atoms with Crippen LogP contribution in [0.4, 0.5) is 0 Å². The predicted molar refractivity (Wildman–Crippen MR) is 77.6 cm³/mol. The van der Waals surface area contributed by atoms with Crippen LogP contribution in [0.2, 0.25) is 0 Å². The summed E-state index contributed by atoms with van der Waals surface area (Å²) in [5.41, 5.74) is -0.456. The molecule has 0 amide bonds. The molecule has 7 heteroatoms. The fraction of sp³-hybridized carbons (Fsp3) is 1.00. The first kappa shape index (κ1) is 16.7. The van der Waals surface area contributed by atoms with Crippen LogP contribution in [0.25, 0.3) is 0 Å². The molecule has 1 heterocycles. The zero-order valence-corrected chi connectivity index (χ0v) is 13.8. The van der Waals surface area contributed by atoms with Crippen molar-refractivity contribution >= 4 is 30.9 Å². The molecule has 1 saturated heterocycles. The lowest BCUT2D eigenvalue weighted by Gasteiger charge is -2.44. The standard InChI is InChI=1S/C11H23Cl2N2O2P/c1-11(2,3)17-18(16)14(9-5-12)7-4-8-15(18)10-6-13/h4-10H2,1-3H3. The summed E-state index contributed by atoms with van der Waals surface area (Å²) in [4.78, 5) is 0. The lowest BCUT2D eigenvalue weighted by molar-refractivity contribution is 0.0847. The van der Waals surface area contributed by atoms with E-state index in [1.165, 1.54) is 0 Å². The van der Waals surface area contributed by atoms with Crippen molar-refractivity contribution in [1.29, 1.82) is 0 Å². The topological polar surface area (TPSA) is 32.8 Å². The van der Waals surface area contributed by atoms with Crippen LogP contribution in [0, 0.1) is 0 Å². The van der Waals surface area contributed by atoms with E-state index in [2.05, 4.69) is 0 Å². The van der Waals surface area contributed by atoms with Gasteiger partial charge in [0.25, 0.3) is 0 Å². The van der Waals surface area contributed by atoms with Gasteiger partial charge >= 0.3 is 7.67 Å². The summed E-state index contributed by atoms with van der Waals surface area (Å²) < 4.78 is 22.8. The third kappa shape index (κ3) is 4.36. The molecule has 0 radical (unpaired) electrons. The van der Waals surface area contributed by atoms with Crippen molar-refractivity contribution in [2.24, 2.45) is 0 Å². The molecule has 0 saturated carbocycles. The minimum Gasteiger partial charge on any atom is -0.300 e. The highest BCUT2D eigenvalue weighted by Crippen LogP contribution is 2.58. The zero-order chi connectivity index (χ0) is 13.8. The van der Waals surface area contributed by atoms with Gasteiger partial charge in [0, 0.05) is 37.9 Å².